The van der Waals surface area contributed by atoms with E-state index in [0.717, 1.165) is 31.2 Å². The molecule has 0 bridgehead atoms. The lowest BCUT2D eigenvalue weighted by atomic mass is 9.94. The van der Waals surface area contributed by atoms with Gasteiger partial charge in [0.2, 0.25) is 5.91 Å². The van der Waals surface area contributed by atoms with Crippen molar-refractivity contribution in [2.45, 2.75) is 52.0 Å². The largest absolute Gasteiger partial charge is 0.350 e. The van der Waals surface area contributed by atoms with Crippen LogP contribution < -0.4 is 11.1 Å². The van der Waals surface area contributed by atoms with Crippen LogP contribution in [0.25, 0.3) is 0 Å². The molecule has 1 heterocycles. The average Bonchev–Trinajstić information content (AvgIpc) is 2.46. The molecule has 0 radical (unpaired) electrons. The molecule has 1 amide bonds. The van der Waals surface area contributed by atoms with Crippen molar-refractivity contribution in [3.63, 3.8) is 0 Å². The molecule has 0 aliphatic rings. The molecule has 1 aromatic rings. The Hall–Kier alpha value is -1.42. The van der Waals surface area contributed by atoms with E-state index in [1.807, 2.05) is 19.1 Å². The highest BCUT2D eigenvalue weighted by molar-refractivity contribution is 5.76. The van der Waals surface area contributed by atoms with E-state index in [9.17, 15) is 4.79 Å². The monoisotopic (exact) mass is 277 g/mol. The van der Waals surface area contributed by atoms with E-state index in [0.29, 0.717) is 18.9 Å². The molecule has 4 heteroatoms. The number of aromatic nitrogens is 1. The summed E-state index contributed by atoms with van der Waals surface area (Å²) in [5, 5.41) is 3.03. The number of carbonyl (C=O) groups is 1. The first kappa shape index (κ1) is 16.6. The van der Waals surface area contributed by atoms with Gasteiger partial charge in [-0.3, -0.25) is 9.78 Å². The summed E-state index contributed by atoms with van der Waals surface area (Å²) in [5.41, 5.74) is 6.65. The topological polar surface area (TPSA) is 68.0 Å². The van der Waals surface area contributed by atoms with E-state index >= 15 is 0 Å². The van der Waals surface area contributed by atoms with E-state index in [2.05, 4.69) is 17.2 Å². The van der Waals surface area contributed by atoms with Gasteiger partial charge in [-0.1, -0.05) is 25.8 Å². The molecule has 0 spiro atoms. The maximum absolute atomic E-state index is 12.0. The Kier molecular flexibility index (Phi) is 7.88. The fraction of sp³-hybridized carbons (Fsp3) is 0.625. The summed E-state index contributed by atoms with van der Waals surface area (Å²) in [6.07, 6.45) is 8.35. The first-order chi connectivity index (χ1) is 9.67. The molecular formula is C16H27N3O. The Balaban J connectivity index is 2.35. The third-order valence-corrected chi connectivity index (χ3v) is 3.61. The van der Waals surface area contributed by atoms with Crippen molar-refractivity contribution >= 4 is 5.91 Å². The van der Waals surface area contributed by atoms with Crippen LogP contribution in [0.1, 0.15) is 57.6 Å². The highest BCUT2D eigenvalue weighted by Gasteiger charge is 2.12. The summed E-state index contributed by atoms with van der Waals surface area (Å²) >= 11 is 0. The summed E-state index contributed by atoms with van der Waals surface area (Å²) in [5.74, 6) is 0.684. The second-order valence-electron chi connectivity index (χ2n) is 5.35. The highest BCUT2D eigenvalue weighted by Crippen LogP contribution is 2.17. The zero-order chi connectivity index (χ0) is 14.8. The molecule has 4 nitrogen and oxygen atoms in total. The van der Waals surface area contributed by atoms with Gasteiger partial charge in [0.15, 0.2) is 0 Å². The SMILES string of the molecule is CCCC(CCN)CCC(=O)NC(C)c1cccnc1. The van der Waals surface area contributed by atoms with Gasteiger partial charge in [0.25, 0.3) is 0 Å². The Morgan fingerprint density at radius 3 is 2.80 bits per heavy atom. The van der Waals surface area contributed by atoms with Crippen LogP contribution in [0, 0.1) is 5.92 Å². The number of nitrogens with zero attached hydrogens (tertiary/aromatic N) is 1. The molecule has 1 rings (SSSR count). The molecule has 0 aliphatic heterocycles. The van der Waals surface area contributed by atoms with Crippen molar-refractivity contribution in [1.29, 1.82) is 0 Å². The van der Waals surface area contributed by atoms with Gasteiger partial charge < -0.3 is 11.1 Å². The molecule has 2 atom stereocenters. The smallest absolute Gasteiger partial charge is 0.220 e. The fourth-order valence-electron chi connectivity index (χ4n) is 2.44. The zero-order valence-electron chi connectivity index (χ0n) is 12.6. The van der Waals surface area contributed by atoms with Gasteiger partial charge in [-0.05, 0) is 43.9 Å². The highest BCUT2D eigenvalue weighted by atomic mass is 16.1. The number of amides is 1. The van der Waals surface area contributed by atoms with Gasteiger partial charge in [0.05, 0.1) is 6.04 Å². The summed E-state index contributed by atoms with van der Waals surface area (Å²) in [7, 11) is 0. The van der Waals surface area contributed by atoms with Gasteiger partial charge in [0, 0.05) is 18.8 Å². The molecule has 112 valence electrons. The molecule has 0 aromatic carbocycles. The second kappa shape index (κ2) is 9.48. The third kappa shape index (κ3) is 6.15. The van der Waals surface area contributed by atoms with Gasteiger partial charge in [-0.15, -0.1) is 0 Å². The van der Waals surface area contributed by atoms with Crippen LogP contribution in [0.2, 0.25) is 0 Å². The van der Waals surface area contributed by atoms with Crippen molar-refractivity contribution in [2.24, 2.45) is 11.7 Å². The van der Waals surface area contributed by atoms with Crippen molar-refractivity contribution in [3.05, 3.63) is 30.1 Å². The second-order valence-corrected chi connectivity index (χ2v) is 5.35. The summed E-state index contributed by atoms with van der Waals surface area (Å²) < 4.78 is 0. The van der Waals surface area contributed by atoms with Crippen molar-refractivity contribution in [2.75, 3.05) is 6.54 Å². The Bertz CT molecular complexity index is 375. The van der Waals surface area contributed by atoms with Crippen molar-refractivity contribution in [1.82, 2.24) is 10.3 Å². The van der Waals surface area contributed by atoms with Gasteiger partial charge in [-0.2, -0.15) is 0 Å². The van der Waals surface area contributed by atoms with Crippen molar-refractivity contribution < 1.29 is 4.79 Å². The van der Waals surface area contributed by atoms with Crippen molar-refractivity contribution in [3.8, 4) is 0 Å². The molecular weight excluding hydrogens is 250 g/mol. The Morgan fingerprint density at radius 1 is 1.40 bits per heavy atom. The molecule has 20 heavy (non-hydrogen) atoms. The third-order valence-electron chi connectivity index (χ3n) is 3.61. The van der Waals surface area contributed by atoms with Crippen LogP contribution in [-0.4, -0.2) is 17.4 Å². The fourth-order valence-corrected chi connectivity index (χ4v) is 2.44. The van der Waals surface area contributed by atoms with Gasteiger partial charge in [0.1, 0.15) is 0 Å². The molecule has 0 fully saturated rings. The maximum Gasteiger partial charge on any atom is 0.220 e. The quantitative estimate of drug-likeness (QED) is 0.729. The molecule has 0 saturated carbocycles. The van der Waals surface area contributed by atoms with Crippen LogP contribution in [0.15, 0.2) is 24.5 Å². The van der Waals surface area contributed by atoms with E-state index in [4.69, 9.17) is 5.73 Å². The summed E-state index contributed by atoms with van der Waals surface area (Å²) in [4.78, 5) is 16.0. The van der Waals surface area contributed by atoms with Crippen LogP contribution in [-0.2, 0) is 4.79 Å². The standard InChI is InChI=1S/C16H27N3O/c1-3-5-14(9-10-17)7-8-16(20)19-13(2)15-6-4-11-18-12-15/h4,6,11-14H,3,5,7-10,17H2,1-2H3,(H,19,20). The van der Waals surface area contributed by atoms with Gasteiger partial charge >= 0.3 is 0 Å². The number of pyridine rings is 1. The molecule has 2 unspecified atom stereocenters. The number of hydrogen-bond donors (Lipinski definition) is 2. The predicted molar refractivity (Wildman–Crippen MR) is 82.1 cm³/mol. The Morgan fingerprint density at radius 2 is 2.20 bits per heavy atom. The number of carbonyl (C=O) groups excluding carboxylic acids is 1. The number of hydrogen-bond acceptors (Lipinski definition) is 3. The van der Waals surface area contributed by atoms with Gasteiger partial charge in [-0.25, -0.2) is 0 Å². The molecule has 0 aliphatic carbocycles. The van der Waals surface area contributed by atoms with Crippen LogP contribution >= 0.6 is 0 Å². The maximum atomic E-state index is 12.0. The van der Waals surface area contributed by atoms with E-state index in [1.54, 1.807) is 12.4 Å². The predicted octanol–water partition coefficient (Wildman–Crippen LogP) is 2.80. The molecule has 1 aromatic heterocycles. The number of nitrogens with one attached hydrogen (secondary N) is 1. The lowest BCUT2D eigenvalue weighted by Gasteiger charge is -2.17. The lowest BCUT2D eigenvalue weighted by Crippen LogP contribution is -2.27. The first-order valence-electron chi connectivity index (χ1n) is 7.56. The number of rotatable bonds is 9. The minimum absolute atomic E-state index is 0.00957. The van der Waals surface area contributed by atoms with Crippen LogP contribution in [0.3, 0.4) is 0 Å². The molecule has 0 saturated heterocycles. The van der Waals surface area contributed by atoms with E-state index in [1.165, 1.54) is 0 Å². The minimum Gasteiger partial charge on any atom is -0.350 e. The molecule has 3 N–H and O–H groups in total. The summed E-state index contributed by atoms with van der Waals surface area (Å²) in [6, 6.07) is 3.87. The van der Waals surface area contributed by atoms with E-state index < -0.39 is 0 Å². The minimum atomic E-state index is 0.00957. The lowest BCUT2D eigenvalue weighted by molar-refractivity contribution is -0.122. The zero-order valence-corrected chi connectivity index (χ0v) is 12.6. The van der Waals surface area contributed by atoms with E-state index in [-0.39, 0.29) is 11.9 Å². The van der Waals surface area contributed by atoms with Crippen LogP contribution in [0.5, 0.6) is 0 Å². The van der Waals surface area contributed by atoms with Crippen LogP contribution in [0.4, 0.5) is 0 Å². The summed E-state index contributed by atoms with van der Waals surface area (Å²) in [6.45, 7) is 4.87. The average molecular weight is 277 g/mol. The first-order valence-corrected chi connectivity index (χ1v) is 7.56. The Labute approximate surface area is 122 Å². The normalized spacial score (nSPS) is 13.8. The number of nitrogens with two attached hydrogens (primary N) is 1.